The lowest BCUT2D eigenvalue weighted by Gasteiger charge is -2.09. The molecule has 5 nitrogen and oxygen atoms in total. The third kappa shape index (κ3) is 5.54. The number of rotatable bonds is 3. The fourth-order valence-electron chi connectivity index (χ4n) is 1.34. The predicted molar refractivity (Wildman–Crippen MR) is 73.0 cm³/mol. The zero-order chi connectivity index (χ0) is 12.8. The Morgan fingerprint density at radius 2 is 2.17 bits per heavy atom. The number of nitrogens with two attached hydrogens (primary N) is 1. The highest BCUT2D eigenvalue weighted by Crippen LogP contribution is 2.15. The van der Waals surface area contributed by atoms with Gasteiger partial charge in [-0.15, -0.1) is 12.4 Å². The van der Waals surface area contributed by atoms with Crippen LogP contribution in [0.1, 0.15) is 30.9 Å². The summed E-state index contributed by atoms with van der Waals surface area (Å²) in [6.45, 7) is 4.37. The number of halogens is 1. The van der Waals surface area contributed by atoms with E-state index < -0.39 is 12.1 Å². The van der Waals surface area contributed by atoms with E-state index >= 15 is 0 Å². The molecule has 0 radical (unpaired) electrons. The fourth-order valence-corrected chi connectivity index (χ4v) is 1.34. The lowest BCUT2D eigenvalue weighted by molar-refractivity contribution is 0.145. The molecule has 0 fully saturated rings. The molecule has 100 valence electrons. The molecule has 0 aliphatic rings. The second-order valence-corrected chi connectivity index (χ2v) is 4.01. The van der Waals surface area contributed by atoms with Crippen molar-refractivity contribution >= 4 is 24.5 Å². The minimum Gasteiger partial charge on any atom is -0.444 e. The van der Waals surface area contributed by atoms with E-state index in [0.29, 0.717) is 5.92 Å². The van der Waals surface area contributed by atoms with Gasteiger partial charge in [-0.25, -0.2) is 4.79 Å². The first kappa shape index (κ1) is 16.2. The SMILES string of the molecule is CC(C)c1cccc(COC(=O)NC(=N)N)c1.Cl. The van der Waals surface area contributed by atoms with E-state index in [9.17, 15) is 4.79 Å². The highest BCUT2D eigenvalue weighted by molar-refractivity contribution is 5.90. The summed E-state index contributed by atoms with van der Waals surface area (Å²) in [5, 5.41) is 8.91. The minimum absolute atomic E-state index is 0. The fraction of sp³-hybridized carbons (Fsp3) is 0.333. The van der Waals surface area contributed by atoms with E-state index in [1.54, 1.807) is 0 Å². The number of carbonyl (C=O) groups is 1. The number of hydrogen-bond acceptors (Lipinski definition) is 3. The average Bonchev–Trinajstić information content (AvgIpc) is 2.26. The van der Waals surface area contributed by atoms with Gasteiger partial charge in [0.2, 0.25) is 0 Å². The van der Waals surface area contributed by atoms with Crippen molar-refractivity contribution in [3.63, 3.8) is 0 Å². The van der Waals surface area contributed by atoms with Crippen LogP contribution in [0.25, 0.3) is 0 Å². The van der Waals surface area contributed by atoms with Gasteiger partial charge in [-0.05, 0) is 17.0 Å². The van der Waals surface area contributed by atoms with Crippen molar-refractivity contribution in [3.05, 3.63) is 35.4 Å². The summed E-state index contributed by atoms with van der Waals surface area (Å²) in [7, 11) is 0. The molecule has 0 bridgehead atoms. The summed E-state index contributed by atoms with van der Waals surface area (Å²) in [6, 6.07) is 7.83. The molecule has 0 atom stereocenters. The third-order valence-electron chi connectivity index (χ3n) is 2.22. The Kier molecular flexibility index (Phi) is 6.82. The van der Waals surface area contributed by atoms with E-state index in [0.717, 1.165) is 5.56 Å². The molecule has 1 aromatic carbocycles. The topological polar surface area (TPSA) is 88.2 Å². The molecule has 1 aromatic rings. The van der Waals surface area contributed by atoms with Gasteiger partial charge >= 0.3 is 6.09 Å². The van der Waals surface area contributed by atoms with Crippen molar-refractivity contribution in [2.24, 2.45) is 5.73 Å². The molecule has 0 heterocycles. The summed E-state index contributed by atoms with van der Waals surface area (Å²) in [5.41, 5.74) is 7.10. The predicted octanol–water partition coefficient (Wildman–Crippen LogP) is 2.35. The van der Waals surface area contributed by atoms with Gasteiger partial charge in [0.05, 0.1) is 0 Å². The van der Waals surface area contributed by atoms with Crippen LogP contribution in [0.15, 0.2) is 24.3 Å². The van der Waals surface area contributed by atoms with Gasteiger partial charge in [0.25, 0.3) is 0 Å². The second-order valence-electron chi connectivity index (χ2n) is 4.01. The number of hydrogen-bond donors (Lipinski definition) is 3. The van der Waals surface area contributed by atoms with Crippen LogP contribution in [0.2, 0.25) is 0 Å². The van der Waals surface area contributed by atoms with Crippen LogP contribution in [0.5, 0.6) is 0 Å². The van der Waals surface area contributed by atoms with Gasteiger partial charge in [0, 0.05) is 0 Å². The molecule has 0 aliphatic carbocycles. The third-order valence-corrected chi connectivity index (χ3v) is 2.22. The van der Waals surface area contributed by atoms with Crippen molar-refractivity contribution in [1.82, 2.24) is 5.32 Å². The average molecular weight is 272 g/mol. The largest absolute Gasteiger partial charge is 0.444 e. The normalized spacial score (nSPS) is 9.50. The Hall–Kier alpha value is -1.75. The van der Waals surface area contributed by atoms with Gasteiger partial charge in [-0.1, -0.05) is 38.1 Å². The molecule has 0 spiro atoms. The van der Waals surface area contributed by atoms with Crippen LogP contribution >= 0.6 is 12.4 Å². The molecule has 1 amide bonds. The van der Waals surface area contributed by atoms with E-state index in [2.05, 4.69) is 19.2 Å². The highest BCUT2D eigenvalue weighted by Gasteiger charge is 2.04. The molecule has 0 unspecified atom stereocenters. The smallest absolute Gasteiger partial charge is 0.414 e. The van der Waals surface area contributed by atoms with Gasteiger partial charge in [-0.2, -0.15) is 0 Å². The first-order valence-corrected chi connectivity index (χ1v) is 5.35. The lowest BCUT2D eigenvalue weighted by atomic mass is 10.0. The molecule has 0 saturated heterocycles. The van der Waals surface area contributed by atoms with Crippen molar-refractivity contribution in [3.8, 4) is 0 Å². The van der Waals surface area contributed by atoms with Crippen LogP contribution < -0.4 is 11.1 Å². The van der Waals surface area contributed by atoms with E-state index in [1.807, 2.05) is 24.3 Å². The molecular formula is C12H18ClN3O2. The summed E-state index contributed by atoms with van der Waals surface area (Å²) >= 11 is 0. The number of benzene rings is 1. The molecule has 0 aliphatic heterocycles. The quantitative estimate of drug-likeness (QED) is 0.582. The van der Waals surface area contributed by atoms with E-state index in [4.69, 9.17) is 15.9 Å². The van der Waals surface area contributed by atoms with E-state index in [1.165, 1.54) is 5.56 Å². The van der Waals surface area contributed by atoms with Crippen molar-refractivity contribution in [2.45, 2.75) is 26.4 Å². The highest BCUT2D eigenvalue weighted by atomic mass is 35.5. The maximum atomic E-state index is 11.1. The molecule has 1 rings (SSSR count). The summed E-state index contributed by atoms with van der Waals surface area (Å²) in [5.74, 6) is 0.00641. The Morgan fingerprint density at radius 1 is 1.50 bits per heavy atom. The van der Waals surface area contributed by atoms with Crippen LogP contribution in [-0.2, 0) is 11.3 Å². The Bertz CT molecular complexity index is 422. The van der Waals surface area contributed by atoms with Crippen molar-refractivity contribution in [1.29, 1.82) is 5.41 Å². The van der Waals surface area contributed by atoms with Crippen molar-refractivity contribution in [2.75, 3.05) is 0 Å². The second kappa shape index (κ2) is 7.55. The Morgan fingerprint density at radius 3 is 2.72 bits per heavy atom. The van der Waals surface area contributed by atoms with Crippen molar-refractivity contribution < 1.29 is 9.53 Å². The number of ether oxygens (including phenoxy) is 1. The zero-order valence-corrected chi connectivity index (χ0v) is 11.2. The zero-order valence-electron chi connectivity index (χ0n) is 10.4. The Labute approximate surface area is 113 Å². The van der Waals surface area contributed by atoms with Gasteiger partial charge in [-0.3, -0.25) is 10.7 Å². The number of guanidine groups is 1. The number of carbonyl (C=O) groups excluding carboxylic acids is 1. The summed E-state index contributed by atoms with van der Waals surface area (Å²) in [4.78, 5) is 11.1. The van der Waals surface area contributed by atoms with Crippen LogP contribution in [-0.4, -0.2) is 12.1 Å². The van der Waals surface area contributed by atoms with Crippen LogP contribution in [0.3, 0.4) is 0 Å². The van der Waals surface area contributed by atoms with E-state index in [-0.39, 0.29) is 19.0 Å². The number of amides is 1. The molecule has 18 heavy (non-hydrogen) atoms. The van der Waals surface area contributed by atoms with Gasteiger partial charge < -0.3 is 10.5 Å². The standard InChI is InChI=1S/C12H17N3O2.ClH/c1-8(2)10-5-3-4-9(6-10)7-17-12(16)15-11(13)14;/h3-6,8H,7H2,1-2H3,(H4,13,14,15,16);1H. The summed E-state index contributed by atoms with van der Waals surface area (Å²) in [6.07, 6.45) is -0.715. The first-order valence-electron chi connectivity index (χ1n) is 5.35. The molecule has 4 N–H and O–H groups in total. The van der Waals surface area contributed by atoms with Gasteiger partial charge in [0.1, 0.15) is 6.61 Å². The summed E-state index contributed by atoms with van der Waals surface area (Å²) < 4.78 is 4.90. The van der Waals surface area contributed by atoms with Crippen LogP contribution in [0.4, 0.5) is 4.79 Å². The molecule has 6 heteroatoms. The number of alkyl carbamates (subject to hydrolysis) is 1. The Balaban J connectivity index is 0.00000289. The monoisotopic (exact) mass is 271 g/mol. The molecule has 0 saturated carbocycles. The maximum Gasteiger partial charge on any atom is 0.414 e. The first-order chi connectivity index (χ1) is 7.99. The lowest BCUT2D eigenvalue weighted by Crippen LogP contribution is -2.35. The van der Waals surface area contributed by atoms with Crippen LogP contribution in [0, 0.1) is 5.41 Å². The number of nitrogens with one attached hydrogen (secondary N) is 2. The minimum atomic E-state index is -0.715. The molecular weight excluding hydrogens is 254 g/mol. The molecule has 0 aromatic heterocycles. The van der Waals surface area contributed by atoms with Gasteiger partial charge in [0.15, 0.2) is 5.96 Å². The maximum absolute atomic E-state index is 11.1.